The first-order valence-corrected chi connectivity index (χ1v) is 9.34. The number of alkyl halides is 3. The Morgan fingerprint density at radius 3 is 2.38 bits per heavy atom. The van der Waals surface area contributed by atoms with Gasteiger partial charge in [-0.15, -0.1) is 20.4 Å². The van der Waals surface area contributed by atoms with E-state index in [0.717, 1.165) is 29.0 Å². The van der Waals surface area contributed by atoms with E-state index in [0.29, 0.717) is 23.3 Å². The molecular formula is C19H14F3N5OS. The van der Waals surface area contributed by atoms with E-state index in [1.807, 2.05) is 41.8 Å². The summed E-state index contributed by atoms with van der Waals surface area (Å²) in [4.78, 5) is 0. The third-order valence-corrected chi connectivity index (χ3v) is 5.04. The molecule has 4 rings (SSSR count). The topological polar surface area (TPSA) is 69.6 Å². The Morgan fingerprint density at radius 1 is 0.966 bits per heavy atom. The van der Waals surface area contributed by atoms with Crippen molar-refractivity contribution in [2.45, 2.75) is 29.8 Å². The number of nitrogens with zero attached hydrogens (tertiary/aromatic N) is 5. The van der Waals surface area contributed by atoms with E-state index >= 15 is 0 Å². The second-order valence-corrected chi connectivity index (χ2v) is 7.11. The van der Waals surface area contributed by atoms with Crippen LogP contribution in [0.5, 0.6) is 0 Å². The van der Waals surface area contributed by atoms with Crippen molar-refractivity contribution in [2.75, 3.05) is 0 Å². The van der Waals surface area contributed by atoms with Crippen molar-refractivity contribution in [1.29, 1.82) is 0 Å². The standard InChI is InChI=1S/C19H14F3N5OS/c1-12-14(9-10-28-12)17-25-26-18(27(17)11-13-5-3-2-4-6-13)29-16-8-7-15(23-24-16)19(20,21)22/h2-10H,11H2,1H3. The molecule has 0 aliphatic carbocycles. The van der Waals surface area contributed by atoms with Gasteiger partial charge >= 0.3 is 6.18 Å². The molecular weight excluding hydrogens is 403 g/mol. The lowest BCUT2D eigenvalue weighted by molar-refractivity contribution is -0.141. The van der Waals surface area contributed by atoms with E-state index in [1.54, 1.807) is 12.3 Å². The third kappa shape index (κ3) is 4.16. The predicted octanol–water partition coefficient (Wildman–Crippen LogP) is 4.85. The van der Waals surface area contributed by atoms with Crippen LogP contribution in [-0.4, -0.2) is 25.0 Å². The van der Waals surface area contributed by atoms with Crippen LogP contribution in [0.2, 0.25) is 0 Å². The average Bonchev–Trinajstić information content (AvgIpc) is 3.28. The summed E-state index contributed by atoms with van der Waals surface area (Å²) >= 11 is 1.09. The molecule has 0 radical (unpaired) electrons. The Hall–Kier alpha value is -3.14. The largest absolute Gasteiger partial charge is 0.469 e. The quantitative estimate of drug-likeness (QED) is 0.462. The van der Waals surface area contributed by atoms with Gasteiger partial charge in [-0.1, -0.05) is 30.3 Å². The molecule has 0 bridgehead atoms. The average molecular weight is 417 g/mol. The lowest BCUT2D eigenvalue weighted by Crippen LogP contribution is -2.09. The Morgan fingerprint density at radius 2 is 1.76 bits per heavy atom. The maximum atomic E-state index is 12.7. The zero-order chi connectivity index (χ0) is 20.4. The molecule has 0 saturated carbocycles. The summed E-state index contributed by atoms with van der Waals surface area (Å²) in [7, 11) is 0. The molecule has 0 unspecified atom stereocenters. The SMILES string of the molecule is Cc1occc1-c1nnc(Sc2ccc(C(F)(F)F)nn2)n1Cc1ccccc1. The van der Waals surface area contributed by atoms with Crippen LogP contribution < -0.4 is 0 Å². The molecule has 0 fully saturated rings. The number of furan rings is 1. The van der Waals surface area contributed by atoms with Crippen LogP contribution in [0.4, 0.5) is 13.2 Å². The summed E-state index contributed by atoms with van der Waals surface area (Å²) in [6, 6.07) is 13.7. The second-order valence-electron chi connectivity index (χ2n) is 6.13. The van der Waals surface area contributed by atoms with Gasteiger partial charge in [0.15, 0.2) is 16.7 Å². The van der Waals surface area contributed by atoms with Crippen LogP contribution >= 0.6 is 11.8 Å². The highest BCUT2D eigenvalue weighted by Crippen LogP contribution is 2.32. The minimum atomic E-state index is -4.53. The Bertz CT molecular complexity index is 1110. The summed E-state index contributed by atoms with van der Waals surface area (Å²) in [5.74, 6) is 1.29. The van der Waals surface area contributed by atoms with Crippen LogP contribution in [0.25, 0.3) is 11.4 Å². The number of hydrogen-bond acceptors (Lipinski definition) is 6. The van der Waals surface area contributed by atoms with Gasteiger partial charge in [0.05, 0.1) is 18.4 Å². The van der Waals surface area contributed by atoms with Gasteiger partial charge in [-0.3, -0.25) is 4.57 Å². The molecule has 0 atom stereocenters. The van der Waals surface area contributed by atoms with Crippen LogP contribution in [0.1, 0.15) is 17.0 Å². The highest BCUT2D eigenvalue weighted by Gasteiger charge is 2.33. The molecule has 3 aromatic heterocycles. The molecule has 29 heavy (non-hydrogen) atoms. The second kappa shape index (κ2) is 7.70. The van der Waals surface area contributed by atoms with Gasteiger partial charge < -0.3 is 4.42 Å². The molecule has 0 aliphatic rings. The zero-order valence-electron chi connectivity index (χ0n) is 15.1. The van der Waals surface area contributed by atoms with Crippen molar-refractivity contribution < 1.29 is 17.6 Å². The summed E-state index contributed by atoms with van der Waals surface area (Å²) in [5.41, 5.74) is 0.774. The molecule has 6 nitrogen and oxygen atoms in total. The fraction of sp³-hybridized carbons (Fsp3) is 0.158. The van der Waals surface area contributed by atoms with Gasteiger partial charge in [-0.25, -0.2) is 0 Å². The minimum Gasteiger partial charge on any atom is -0.469 e. The number of aromatic nitrogens is 5. The summed E-state index contributed by atoms with van der Waals surface area (Å²) in [6.07, 6.45) is -2.96. The maximum Gasteiger partial charge on any atom is 0.435 e. The van der Waals surface area contributed by atoms with Crippen molar-refractivity contribution >= 4 is 11.8 Å². The first-order chi connectivity index (χ1) is 13.9. The van der Waals surface area contributed by atoms with Crippen molar-refractivity contribution in [3.8, 4) is 11.4 Å². The Balaban J connectivity index is 1.69. The normalized spacial score (nSPS) is 11.7. The molecule has 0 amide bonds. The maximum absolute atomic E-state index is 12.7. The predicted molar refractivity (Wildman–Crippen MR) is 99.2 cm³/mol. The van der Waals surface area contributed by atoms with Crippen molar-refractivity contribution in [3.05, 3.63) is 71.8 Å². The van der Waals surface area contributed by atoms with E-state index in [1.165, 1.54) is 6.07 Å². The van der Waals surface area contributed by atoms with E-state index in [9.17, 15) is 13.2 Å². The number of aryl methyl sites for hydroxylation is 1. The van der Waals surface area contributed by atoms with Crippen LogP contribution in [0.15, 0.2) is 69.4 Å². The van der Waals surface area contributed by atoms with Crippen LogP contribution in [0.3, 0.4) is 0 Å². The third-order valence-electron chi connectivity index (χ3n) is 4.13. The van der Waals surface area contributed by atoms with Crippen molar-refractivity contribution in [3.63, 3.8) is 0 Å². The molecule has 4 aromatic rings. The fourth-order valence-electron chi connectivity index (χ4n) is 2.71. The van der Waals surface area contributed by atoms with E-state index < -0.39 is 11.9 Å². The smallest absolute Gasteiger partial charge is 0.435 e. The zero-order valence-corrected chi connectivity index (χ0v) is 15.9. The highest BCUT2D eigenvalue weighted by molar-refractivity contribution is 7.99. The first kappa shape index (κ1) is 19.2. The van der Waals surface area contributed by atoms with Gasteiger partial charge in [-0.2, -0.15) is 13.2 Å². The van der Waals surface area contributed by atoms with E-state index in [4.69, 9.17) is 4.42 Å². The number of benzene rings is 1. The van der Waals surface area contributed by atoms with Crippen LogP contribution in [0, 0.1) is 6.92 Å². The van der Waals surface area contributed by atoms with Crippen molar-refractivity contribution in [2.24, 2.45) is 0 Å². The molecule has 0 N–H and O–H groups in total. The van der Waals surface area contributed by atoms with Gasteiger partial charge in [-0.05, 0) is 42.4 Å². The van der Waals surface area contributed by atoms with Gasteiger partial charge in [0.1, 0.15) is 10.8 Å². The highest BCUT2D eigenvalue weighted by atomic mass is 32.2. The van der Waals surface area contributed by atoms with Gasteiger partial charge in [0, 0.05) is 0 Å². The minimum absolute atomic E-state index is 0.287. The number of halogens is 3. The fourth-order valence-corrected chi connectivity index (χ4v) is 3.46. The summed E-state index contributed by atoms with van der Waals surface area (Å²) in [5, 5.41) is 16.2. The molecule has 1 aromatic carbocycles. The van der Waals surface area contributed by atoms with E-state index in [2.05, 4.69) is 20.4 Å². The van der Waals surface area contributed by atoms with Crippen molar-refractivity contribution in [1.82, 2.24) is 25.0 Å². The summed E-state index contributed by atoms with van der Waals surface area (Å²) < 4.78 is 45.4. The lowest BCUT2D eigenvalue weighted by Gasteiger charge is -2.10. The molecule has 148 valence electrons. The lowest BCUT2D eigenvalue weighted by atomic mass is 10.2. The number of rotatable bonds is 5. The molecule has 0 saturated heterocycles. The van der Waals surface area contributed by atoms with Gasteiger partial charge in [0.25, 0.3) is 0 Å². The van der Waals surface area contributed by atoms with Gasteiger partial charge in [0.2, 0.25) is 0 Å². The Labute approximate surface area is 167 Å². The summed E-state index contributed by atoms with van der Waals surface area (Å²) in [6.45, 7) is 2.30. The van der Waals surface area contributed by atoms with E-state index in [-0.39, 0.29) is 5.03 Å². The molecule has 0 spiro atoms. The molecule has 3 heterocycles. The Kier molecular flexibility index (Phi) is 5.10. The monoisotopic (exact) mass is 417 g/mol. The molecule has 0 aliphatic heterocycles. The first-order valence-electron chi connectivity index (χ1n) is 8.52. The molecule has 10 heteroatoms. The number of hydrogen-bond donors (Lipinski definition) is 0. The van der Waals surface area contributed by atoms with Crippen LogP contribution in [-0.2, 0) is 12.7 Å².